The van der Waals surface area contributed by atoms with E-state index in [2.05, 4.69) is 42.5 Å². The number of aryl methyl sites for hydroxylation is 1. The summed E-state index contributed by atoms with van der Waals surface area (Å²) < 4.78 is 0. The Bertz CT molecular complexity index is 345. The Balaban J connectivity index is 1.95. The van der Waals surface area contributed by atoms with Crippen LogP contribution in [-0.2, 0) is 19.4 Å². The lowest BCUT2D eigenvalue weighted by Gasteiger charge is -2.18. The van der Waals surface area contributed by atoms with Crippen LogP contribution in [0.3, 0.4) is 0 Å². The Morgan fingerprint density at radius 3 is 2.94 bits per heavy atom. The molecule has 88 valence electrons. The van der Waals surface area contributed by atoms with Gasteiger partial charge in [0.15, 0.2) is 0 Å². The number of hydrogen-bond donors (Lipinski definition) is 1. The molecule has 0 saturated carbocycles. The monoisotopic (exact) mass is 218 g/mol. The normalized spacial score (nSPS) is 15.2. The molecular weight excluding hydrogens is 196 g/mol. The van der Waals surface area contributed by atoms with Crippen molar-refractivity contribution in [3.8, 4) is 0 Å². The molecule has 1 heterocycles. The molecule has 1 aliphatic rings. The zero-order valence-corrected chi connectivity index (χ0v) is 10.4. The molecule has 0 fully saturated rings. The number of hydrogen-bond acceptors (Lipinski definition) is 2. The van der Waals surface area contributed by atoms with Crippen LogP contribution in [0.4, 0.5) is 0 Å². The molecule has 0 saturated heterocycles. The molecule has 0 unspecified atom stereocenters. The third kappa shape index (κ3) is 3.06. The predicted octanol–water partition coefficient (Wildman–Crippen LogP) is 1.83. The molecule has 16 heavy (non-hydrogen) atoms. The summed E-state index contributed by atoms with van der Waals surface area (Å²) in [4.78, 5) is 2.25. The second-order valence-electron chi connectivity index (χ2n) is 4.94. The van der Waals surface area contributed by atoms with Gasteiger partial charge in [-0.15, -0.1) is 0 Å². The second-order valence-corrected chi connectivity index (χ2v) is 4.94. The van der Waals surface area contributed by atoms with Gasteiger partial charge in [-0.25, -0.2) is 0 Å². The van der Waals surface area contributed by atoms with Gasteiger partial charge in [0, 0.05) is 6.54 Å². The first-order chi connectivity index (χ1) is 7.75. The molecule has 0 aliphatic carbocycles. The molecule has 1 aromatic rings. The van der Waals surface area contributed by atoms with Crippen molar-refractivity contribution in [2.24, 2.45) is 0 Å². The van der Waals surface area contributed by atoms with Gasteiger partial charge in [0.2, 0.25) is 0 Å². The molecule has 0 bridgehead atoms. The van der Waals surface area contributed by atoms with Crippen LogP contribution in [-0.4, -0.2) is 32.1 Å². The highest BCUT2D eigenvalue weighted by Gasteiger charge is 2.08. The Hall–Kier alpha value is -0.860. The molecule has 0 aromatic heterocycles. The van der Waals surface area contributed by atoms with Crippen LogP contribution in [0.1, 0.15) is 23.1 Å². The van der Waals surface area contributed by atoms with Gasteiger partial charge in [0.1, 0.15) is 0 Å². The van der Waals surface area contributed by atoms with Crippen LogP contribution in [0.5, 0.6) is 0 Å². The van der Waals surface area contributed by atoms with E-state index in [4.69, 9.17) is 0 Å². The second kappa shape index (κ2) is 5.46. The van der Waals surface area contributed by atoms with E-state index >= 15 is 0 Å². The van der Waals surface area contributed by atoms with Crippen molar-refractivity contribution in [1.82, 2.24) is 10.2 Å². The summed E-state index contributed by atoms with van der Waals surface area (Å²) in [6.07, 6.45) is 3.65. The van der Waals surface area contributed by atoms with Gasteiger partial charge in [-0.05, 0) is 63.1 Å². The fourth-order valence-electron chi connectivity index (χ4n) is 2.29. The quantitative estimate of drug-likeness (QED) is 0.829. The van der Waals surface area contributed by atoms with Crippen LogP contribution in [0.25, 0.3) is 0 Å². The van der Waals surface area contributed by atoms with Crippen molar-refractivity contribution in [1.29, 1.82) is 0 Å². The highest BCUT2D eigenvalue weighted by Crippen LogP contribution is 2.16. The highest BCUT2D eigenvalue weighted by molar-refractivity contribution is 5.33. The van der Waals surface area contributed by atoms with Crippen molar-refractivity contribution in [3.63, 3.8) is 0 Å². The van der Waals surface area contributed by atoms with Crippen molar-refractivity contribution in [2.75, 3.05) is 27.2 Å². The SMILES string of the molecule is CN(C)CCCc1ccc2c(c1)CCNC2. The number of nitrogens with zero attached hydrogens (tertiary/aromatic N) is 1. The minimum absolute atomic E-state index is 1.05. The number of nitrogens with one attached hydrogen (secondary N) is 1. The predicted molar refractivity (Wildman–Crippen MR) is 68.7 cm³/mol. The fourth-order valence-corrected chi connectivity index (χ4v) is 2.29. The zero-order chi connectivity index (χ0) is 11.4. The molecule has 0 atom stereocenters. The summed E-state index contributed by atoms with van der Waals surface area (Å²) in [6, 6.07) is 7.00. The minimum atomic E-state index is 1.05. The first-order valence-electron chi connectivity index (χ1n) is 6.22. The lowest BCUT2D eigenvalue weighted by Crippen LogP contribution is -2.23. The fraction of sp³-hybridized carbons (Fsp3) is 0.571. The maximum absolute atomic E-state index is 3.41. The highest BCUT2D eigenvalue weighted by atomic mass is 15.0. The van der Waals surface area contributed by atoms with Gasteiger partial charge in [-0.2, -0.15) is 0 Å². The zero-order valence-electron chi connectivity index (χ0n) is 10.4. The third-order valence-corrected chi connectivity index (χ3v) is 3.23. The molecule has 0 radical (unpaired) electrons. The van der Waals surface area contributed by atoms with E-state index in [0.717, 1.165) is 13.1 Å². The number of rotatable bonds is 4. The molecule has 1 aliphatic heterocycles. The Labute approximate surface area is 98.7 Å². The maximum atomic E-state index is 3.41. The first-order valence-corrected chi connectivity index (χ1v) is 6.22. The summed E-state index contributed by atoms with van der Waals surface area (Å²) >= 11 is 0. The standard InChI is InChI=1S/C14H22N2/c1-16(2)9-3-4-12-5-6-14-11-15-8-7-13(14)10-12/h5-6,10,15H,3-4,7-9,11H2,1-2H3. The van der Waals surface area contributed by atoms with Crippen molar-refractivity contribution in [3.05, 3.63) is 34.9 Å². The van der Waals surface area contributed by atoms with E-state index in [1.54, 1.807) is 5.56 Å². The Morgan fingerprint density at radius 1 is 1.25 bits per heavy atom. The maximum Gasteiger partial charge on any atom is 0.0208 e. The van der Waals surface area contributed by atoms with E-state index in [9.17, 15) is 0 Å². The lowest BCUT2D eigenvalue weighted by molar-refractivity contribution is 0.400. The van der Waals surface area contributed by atoms with Crippen LogP contribution in [0.2, 0.25) is 0 Å². The van der Waals surface area contributed by atoms with E-state index in [0.29, 0.717) is 0 Å². The van der Waals surface area contributed by atoms with Gasteiger partial charge >= 0.3 is 0 Å². The summed E-state index contributed by atoms with van der Waals surface area (Å²) in [5, 5.41) is 3.41. The molecule has 2 nitrogen and oxygen atoms in total. The molecule has 2 rings (SSSR count). The Kier molecular flexibility index (Phi) is 3.97. The smallest absolute Gasteiger partial charge is 0.0208 e. The van der Waals surface area contributed by atoms with Gasteiger partial charge < -0.3 is 10.2 Å². The molecular formula is C14H22N2. The van der Waals surface area contributed by atoms with Crippen LogP contribution < -0.4 is 5.32 Å². The van der Waals surface area contributed by atoms with Gasteiger partial charge in [0.25, 0.3) is 0 Å². The van der Waals surface area contributed by atoms with E-state index in [-0.39, 0.29) is 0 Å². The van der Waals surface area contributed by atoms with E-state index in [1.807, 2.05) is 0 Å². The van der Waals surface area contributed by atoms with Crippen LogP contribution in [0.15, 0.2) is 18.2 Å². The lowest BCUT2D eigenvalue weighted by atomic mass is 9.97. The van der Waals surface area contributed by atoms with Crippen molar-refractivity contribution < 1.29 is 0 Å². The molecule has 0 amide bonds. The summed E-state index contributed by atoms with van der Waals surface area (Å²) in [6.45, 7) is 3.36. The van der Waals surface area contributed by atoms with Gasteiger partial charge in [-0.1, -0.05) is 18.2 Å². The van der Waals surface area contributed by atoms with Crippen molar-refractivity contribution >= 4 is 0 Å². The molecule has 1 N–H and O–H groups in total. The summed E-state index contributed by atoms with van der Waals surface area (Å²) in [5.41, 5.74) is 4.55. The largest absolute Gasteiger partial charge is 0.312 e. The van der Waals surface area contributed by atoms with E-state index < -0.39 is 0 Å². The van der Waals surface area contributed by atoms with Crippen LogP contribution in [0, 0.1) is 0 Å². The number of benzene rings is 1. The minimum Gasteiger partial charge on any atom is -0.312 e. The Morgan fingerprint density at radius 2 is 2.12 bits per heavy atom. The molecule has 1 aromatic carbocycles. The van der Waals surface area contributed by atoms with Crippen molar-refractivity contribution in [2.45, 2.75) is 25.8 Å². The number of fused-ring (bicyclic) bond motifs is 1. The molecule has 2 heteroatoms. The van der Waals surface area contributed by atoms with Gasteiger partial charge in [0.05, 0.1) is 0 Å². The van der Waals surface area contributed by atoms with E-state index in [1.165, 1.54) is 36.9 Å². The third-order valence-electron chi connectivity index (χ3n) is 3.23. The first kappa shape index (κ1) is 11.6. The van der Waals surface area contributed by atoms with Gasteiger partial charge in [-0.3, -0.25) is 0 Å². The van der Waals surface area contributed by atoms with Crippen LogP contribution >= 0.6 is 0 Å². The topological polar surface area (TPSA) is 15.3 Å². The molecule has 0 spiro atoms. The summed E-state index contributed by atoms with van der Waals surface area (Å²) in [7, 11) is 4.27. The average Bonchev–Trinajstić information content (AvgIpc) is 2.28. The average molecular weight is 218 g/mol. The summed E-state index contributed by atoms with van der Waals surface area (Å²) in [5.74, 6) is 0.